The van der Waals surface area contributed by atoms with Crippen LogP contribution in [0.1, 0.15) is 24.0 Å². The van der Waals surface area contributed by atoms with Gasteiger partial charge in [0.15, 0.2) is 5.96 Å². The maximum Gasteiger partial charge on any atom is 0.242 e. The van der Waals surface area contributed by atoms with Crippen molar-refractivity contribution in [1.29, 1.82) is 0 Å². The highest BCUT2D eigenvalue weighted by Crippen LogP contribution is 2.48. The van der Waals surface area contributed by atoms with Gasteiger partial charge in [0.2, 0.25) is 10.0 Å². The first-order valence-corrected chi connectivity index (χ1v) is 11.3. The minimum absolute atomic E-state index is 0. The first kappa shape index (κ1) is 24.9. The zero-order valence-electron chi connectivity index (χ0n) is 17.4. The van der Waals surface area contributed by atoms with Crippen LogP contribution >= 0.6 is 35.6 Å². The number of rotatable bonds is 7. The number of sulfonamides is 1. The fourth-order valence-electron chi connectivity index (χ4n) is 3.19. The van der Waals surface area contributed by atoms with Crippen molar-refractivity contribution in [1.82, 2.24) is 14.9 Å². The average Bonchev–Trinajstić information content (AvgIpc) is 3.49. The summed E-state index contributed by atoms with van der Waals surface area (Å²) in [6.45, 7) is 1.33. The van der Waals surface area contributed by atoms with Gasteiger partial charge in [-0.05, 0) is 48.2 Å². The molecule has 1 saturated carbocycles. The third-order valence-corrected chi connectivity index (χ3v) is 7.33. The maximum atomic E-state index is 12.2. The van der Waals surface area contributed by atoms with Crippen LogP contribution < -0.4 is 10.6 Å². The molecule has 164 valence electrons. The molecule has 0 unspecified atom stereocenters. The highest BCUT2D eigenvalue weighted by molar-refractivity contribution is 14.0. The van der Waals surface area contributed by atoms with Crippen LogP contribution in [0, 0.1) is 0 Å². The predicted molar refractivity (Wildman–Crippen MR) is 133 cm³/mol. The highest BCUT2D eigenvalue weighted by Gasteiger charge is 2.44. The number of nitrogens with zero attached hydrogens (tertiary/aromatic N) is 2. The van der Waals surface area contributed by atoms with Gasteiger partial charge >= 0.3 is 0 Å². The second-order valence-corrected chi connectivity index (χ2v) is 10.1. The molecule has 9 heteroatoms. The minimum atomic E-state index is -3.41. The summed E-state index contributed by atoms with van der Waals surface area (Å²) >= 11 is 6.15. The van der Waals surface area contributed by atoms with Crippen molar-refractivity contribution in [2.45, 2.75) is 29.7 Å². The number of guanidine groups is 1. The van der Waals surface area contributed by atoms with Crippen LogP contribution in [0.2, 0.25) is 5.02 Å². The van der Waals surface area contributed by atoms with Crippen molar-refractivity contribution < 1.29 is 8.42 Å². The normalized spacial score (nSPS) is 15.4. The Balaban J connectivity index is 0.00000320. The Hall–Kier alpha value is -1.36. The Morgan fingerprint density at radius 3 is 2.33 bits per heavy atom. The monoisotopic (exact) mass is 562 g/mol. The molecule has 1 aliphatic rings. The van der Waals surface area contributed by atoms with E-state index in [4.69, 9.17) is 11.6 Å². The fourth-order valence-corrected chi connectivity index (χ4v) is 4.28. The lowest BCUT2D eigenvalue weighted by atomic mass is 9.96. The summed E-state index contributed by atoms with van der Waals surface area (Å²) in [5.74, 6) is 0.711. The smallest absolute Gasteiger partial charge is 0.242 e. The average molecular weight is 563 g/mol. The summed E-state index contributed by atoms with van der Waals surface area (Å²) in [7, 11) is 1.38. The van der Waals surface area contributed by atoms with E-state index < -0.39 is 10.0 Å². The first-order valence-electron chi connectivity index (χ1n) is 9.49. The molecule has 1 fully saturated rings. The van der Waals surface area contributed by atoms with Crippen LogP contribution in [0.3, 0.4) is 0 Å². The zero-order valence-corrected chi connectivity index (χ0v) is 21.3. The largest absolute Gasteiger partial charge is 0.356 e. The number of nitrogens with one attached hydrogen (secondary N) is 2. The molecule has 0 radical (unpaired) electrons. The molecule has 6 nitrogen and oxygen atoms in total. The molecule has 0 saturated heterocycles. The fraction of sp³-hybridized carbons (Fsp3) is 0.381. The van der Waals surface area contributed by atoms with Gasteiger partial charge in [0, 0.05) is 44.7 Å². The first-order chi connectivity index (χ1) is 13.8. The van der Waals surface area contributed by atoms with Crippen LogP contribution in [-0.4, -0.2) is 46.4 Å². The molecule has 0 aromatic heterocycles. The van der Waals surface area contributed by atoms with Gasteiger partial charge < -0.3 is 10.6 Å². The second kappa shape index (κ2) is 10.3. The zero-order chi connectivity index (χ0) is 21.1. The summed E-state index contributed by atoms with van der Waals surface area (Å²) in [6, 6.07) is 14.9. The molecule has 3 rings (SSSR count). The summed E-state index contributed by atoms with van der Waals surface area (Å²) in [6.07, 6.45) is 2.25. The predicted octanol–water partition coefficient (Wildman–Crippen LogP) is 3.61. The standard InChI is InChI=1S/C21H27ClN4O2S.HI/c1-23-20(25-15-21(11-12-21)17-5-4-6-18(22)13-17)24-14-16-7-9-19(10-8-16)29(27,28)26(2)3;/h4-10,13H,11-12,14-15H2,1-3H3,(H2,23,24,25);1H. The van der Waals surface area contributed by atoms with Gasteiger partial charge in [-0.15, -0.1) is 24.0 Å². The van der Waals surface area contributed by atoms with Gasteiger partial charge in [0.1, 0.15) is 0 Å². The number of aliphatic imine (C=N–C) groups is 1. The van der Waals surface area contributed by atoms with E-state index in [9.17, 15) is 8.42 Å². The second-order valence-electron chi connectivity index (χ2n) is 7.50. The van der Waals surface area contributed by atoms with Crippen LogP contribution in [0.25, 0.3) is 0 Å². The Labute approximate surface area is 201 Å². The summed E-state index contributed by atoms with van der Waals surface area (Å²) < 4.78 is 25.5. The van der Waals surface area contributed by atoms with Crippen molar-refractivity contribution in [2.24, 2.45) is 4.99 Å². The molecule has 0 spiro atoms. The van der Waals surface area contributed by atoms with E-state index in [-0.39, 0.29) is 34.3 Å². The van der Waals surface area contributed by atoms with Crippen molar-refractivity contribution in [3.63, 3.8) is 0 Å². The SMILES string of the molecule is CN=C(NCc1ccc(S(=O)(=O)N(C)C)cc1)NCC1(c2cccc(Cl)c2)CC1.I. The Morgan fingerprint density at radius 1 is 1.13 bits per heavy atom. The quantitative estimate of drug-likeness (QED) is 0.307. The molecule has 0 heterocycles. The number of hydrogen-bond donors (Lipinski definition) is 2. The Morgan fingerprint density at radius 2 is 1.80 bits per heavy atom. The van der Waals surface area contributed by atoms with E-state index >= 15 is 0 Å². The summed E-state index contributed by atoms with van der Waals surface area (Å²) in [4.78, 5) is 4.57. The van der Waals surface area contributed by atoms with Gasteiger partial charge in [0.05, 0.1) is 4.90 Å². The molecule has 2 aromatic carbocycles. The van der Waals surface area contributed by atoms with Crippen molar-refractivity contribution in [3.8, 4) is 0 Å². The topological polar surface area (TPSA) is 73.8 Å². The molecule has 0 aliphatic heterocycles. The molecular formula is C21H28ClIN4O2S. The lowest BCUT2D eigenvalue weighted by Crippen LogP contribution is -2.40. The highest BCUT2D eigenvalue weighted by atomic mass is 127. The maximum absolute atomic E-state index is 12.2. The lowest BCUT2D eigenvalue weighted by Gasteiger charge is -2.19. The number of hydrogen-bond acceptors (Lipinski definition) is 3. The van der Waals surface area contributed by atoms with Crippen molar-refractivity contribution in [3.05, 3.63) is 64.7 Å². The molecule has 0 amide bonds. The van der Waals surface area contributed by atoms with Crippen molar-refractivity contribution >= 4 is 51.6 Å². The van der Waals surface area contributed by atoms with Crippen LogP contribution in [0.4, 0.5) is 0 Å². The van der Waals surface area contributed by atoms with E-state index in [1.165, 1.54) is 24.0 Å². The molecule has 30 heavy (non-hydrogen) atoms. The molecule has 2 aromatic rings. The van der Waals surface area contributed by atoms with E-state index in [0.717, 1.165) is 30.0 Å². The molecule has 1 aliphatic carbocycles. The van der Waals surface area contributed by atoms with Crippen molar-refractivity contribution in [2.75, 3.05) is 27.7 Å². The summed E-state index contributed by atoms with van der Waals surface area (Å²) in [5.41, 5.74) is 2.34. The molecular weight excluding hydrogens is 535 g/mol. The third kappa shape index (κ3) is 5.87. The van der Waals surface area contributed by atoms with E-state index in [2.05, 4.69) is 21.7 Å². The van der Waals surface area contributed by atoms with Gasteiger partial charge in [-0.3, -0.25) is 4.99 Å². The Bertz CT molecular complexity index is 990. The summed E-state index contributed by atoms with van der Waals surface area (Å²) in [5, 5.41) is 7.45. The minimum Gasteiger partial charge on any atom is -0.356 e. The van der Waals surface area contributed by atoms with Gasteiger partial charge in [-0.2, -0.15) is 0 Å². The van der Waals surface area contributed by atoms with E-state index in [1.54, 1.807) is 19.2 Å². The van der Waals surface area contributed by atoms with Crippen LogP contribution in [0.15, 0.2) is 58.4 Å². The van der Waals surface area contributed by atoms with Gasteiger partial charge in [0.25, 0.3) is 0 Å². The van der Waals surface area contributed by atoms with E-state index in [0.29, 0.717) is 12.5 Å². The van der Waals surface area contributed by atoms with E-state index in [1.807, 2.05) is 30.3 Å². The third-order valence-electron chi connectivity index (χ3n) is 5.27. The lowest BCUT2D eigenvalue weighted by molar-refractivity contribution is 0.520. The van der Waals surface area contributed by atoms with Crippen LogP contribution in [0.5, 0.6) is 0 Å². The van der Waals surface area contributed by atoms with Gasteiger partial charge in [-0.1, -0.05) is 35.9 Å². The van der Waals surface area contributed by atoms with Crippen LogP contribution in [-0.2, 0) is 22.0 Å². The Kier molecular flexibility index (Phi) is 8.55. The molecule has 0 atom stereocenters. The molecule has 2 N–H and O–H groups in total. The molecule has 0 bridgehead atoms. The number of halogens is 2. The van der Waals surface area contributed by atoms with Gasteiger partial charge in [-0.25, -0.2) is 12.7 Å². The number of benzene rings is 2.